The molecule has 100 valence electrons. The monoisotopic (exact) mass is 265 g/mol. The molecule has 5 heteroatoms. The average molecular weight is 265 g/mol. The molecule has 1 N–H and O–H groups in total. The van der Waals surface area contributed by atoms with E-state index >= 15 is 0 Å². The standard InChI is InChI=1S/C15H15N5/c1-2-4-13-12(3-1)14-11(9-17-13)10-18-15(19-14)20-7-5-16-6-8-20/h1-4,9-10,16H,5-8H2. The second-order valence-corrected chi connectivity index (χ2v) is 4.99. The maximum atomic E-state index is 4.77. The van der Waals surface area contributed by atoms with E-state index in [4.69, 9.17) is 4.98 Å². The molecule has 1 aliphatic heterocycles. The maximum absolute atomic E-state index is 4.77. The number of pyridine rings is 1. The summed E-state index contributed by atoms with van der Waals surface area (Å²) in [5.74, 6) is 0.815. The Balaban J connectivity index is 1.90. The zero-order valence-corrected chi connectivity index (χ0v) is 11.1. The van der Waals surface area contributed by atoms with Gasteiger partial charge in [-0.2, -0.15) is 0 Å². The van der Waals surface area contributed by atoms with Crippen LogP contribution in [0.5, 0.6) is 0 Å². The van der Waals surface area contributed by atoms with E-state index in [1.807, 2.05) is 30.6 Å². The minimum atomic E-state index is 0.815. The smallest absolute Gasteiger partial charge is 0.225 e. The number of hydrogen-bond donors (Lipinski definition) is 1. The minimum absolute atomic E-state index is 0.815. The van der Waals surface area contributed by atoms with Gasteiger partial charge in [0.25, 0.3) is 0 Å². The molecule has 3 heterocycles. The van der Waals surface area contributed by atoms with Crippen molar-refractivity contribution in [2.75, 3.05) is 31.1 Å². The molecule has 0 unspecified atom stereocenters. The Kier molecular flexibility index (Phi) is 2.70. The van der Waals surface area contributed by atoms with Crippen LogP contribution >= 0.6 is 0 Å². The molecule has 0 atom stereocenters. The number of rotatable bonds is 1. The zero-order chi connectivity index (χ0) is 13.4. The van der Waals surface area contributed by atoms with E-state index in [2.05, 4.69) is 26.3 Å². The highest BCUT2D eigenvalue weighted by atomic mass is 15.3. The number of nitrogens with zero attached hydrogens (tertiary/aromatic N) is 4. The van der Waals surface area contributed by atoms with Crippen LogP contribution in [0.4, 0.5) is 5.95 Å². The van der Waals surface area contributed by atoms with Crippen molar-refractivity contribution in [1.82, 2.24) is 20.3 Å². The molecule has 0 bridgehead atoms. The van der Waals surface area contributed by atoms with Gasteiger partial charge in [0.05, 0.1) is 11.0 Å². The Labute approximate surface area is 116 Å². The van der Waals surface area contributed by atoms with Gasteiger partial charge >= 0.3 is 0 Å². The average Bonchev–Trinajstić information content (AvgIpc) is 2.55. The van der Waals surface area contributed by atoms with Crippen molar-refractivity contribution in [3.63, 3.8) is 0 Å². The highest BCUT2D eigenvalue weighted by molar-refractivity contribution is 6.02. The van der Waals surface area contributed by atoms with E-state index in [-0.39, 0.29) is 0 Å². The molecule has 0 radical (unpaired) electrons. The molecular weight excluding hydrogens is 250 g/mol. The Morgan fingerprint density at radius 2 is 1.80 bits per heavy atom. The van der Waals surface area contributed by atoms with E-state index in [9.17, 15) is 0 Å². The maximum Gasteiger partial charge on any atom is 0.225 e. The third kappa shape index (κ3) is 1.87. The number of piperazine rings is 1. The topological polar surface area (TPSA) is 53.9 Å². The number of para-hydroxylation sites is 1. The lowest BCUT2D eigenvalue weighted by Crippen LogP contribution is -2.44. The molecule has 4 rings (SSSR count). The van der Waals surface area contributed by atoms with Crippen molar-refractivity contribution in [1.29, 1.82) is 0 Å². The Bertz CT molecular complexity index is 764. The van der Waals surface area contributed by atoms with Crippen LogP contribution in [0.25, 0.3) is 21.8 Å². The fourth-order valence-electron chi connectivity index (χ4n) is 2.63. The number of aromatic nitrogens is 3. The number of hydrogen-bond acceptors (Lipinski definition) is 5. The summed E-state index contributed by atoms with van der Waals surface area (Å²) in [4.78, 5) is 15.9. The third-order valence-electron chi connectivity index (χ3n) is 3.71. The van der Waals surface area contributed by atoms with Crippen LogP contribution in [0.1, 0.15) is 0 Å². The van der Waals surface area contributed by atoms with Crippen molar-refractivity contribution in [3.8, 4) is 0 Å². The molecule has 0 spiro atoms. The molecule has 3 aromatic rings. The molecule has 2 aromatic heterocycles. The molecule has 0 amide bonds. The van der Waals surface area contributed by atoms with E-state index < -0.39 is 0 Å². The van der Waals surface area contributed by atoms with Crippen LogP contribution in [0.15, 0.2) is 36.7 Å². The normalized spacial score (nSPS) is 15.9. The summed E-state index contributed by atoms with van der Waals surface area (Å²) in [6.45, 7) is 3.88. The molecule has 1 fully saturated rings. The van der Waals surface area contributed by atoms with Crippen LogP contribution in [-0.2, 0) is 0 Å². The van der Waals surface area contributed by atoms with Gasteiger partial charge in [0.1, 0.15) is 0 Å². The summed E-state index contributed by atoms with van der Waals surface area (Å²) >= 11 is 0. The second-order valence-electron chi connectivity index (χ2n) is 4.99. The number of benzene rings is 1. The molecule has 1 aromatic carbocycles. The fraction of sp³-hybridized carbons (Fsp3) is 0.267. The first kappa shape index (κ1) is 11.5. The molecule has 1 aliphatic rings. The van der Waals surface area contributed by atoms with Gasteiger partial charge in [-0.05, 0) is 6.07 Å². The van der Waals surface area contributed by atoms with Crippen molar-refractivity contribution in [2.24, 2.45) is 0 Å². The van der Waals surface area contributed by atoms with Crippen LogP contribution in [0.2, 0.25) is 0 Å². The first-order valence-corrected chi connectivity index (χ1v) is 6.88. The third-order valence-corrected chi connectivity index (χ3v) is 3.71. The second kappa shape index (κ2) is 4.68. The SMILES string of the molecule is c1ccc2c(c1)ncc1cnc(N3CCNCC3)nc12. The van der Waals surface area contributed by atoms with Crippen LogP contribution in [0, 0.1) is 0 Å². The summed E-state index contributed by atoms with van der Waals surface area (Å²) in [6, 6.07) is 8.11. The number of anilines is 1. The summed E-state index contributed by atoms with van der Waals surface area (Å²) in [7, 11) is 0. The van der Waals surface area contributed by atoms with Crippen LogP contribution in [0.3, 0.4) is 0 Å². The van der Waals surface area contributed by atoms with Crippen LogP contribution in [-0.4, -0.2) is 41.1 Å². The lowest BCUT2D eigenvalue weighted by atomic mass is 10.1. The first-order valence-electron chi connectivity index (χ1n) is 6.88. The fourth-order valence-corrected chi connectivity index (χ4v) is 2.63. The van der Waals surface area contributed by atoms with Crippen molar-refractivity contribution in [3.05, 3.63) is 36.7 Å². The van der Waals surface area contributed by atoms with Gasteiger partial charge in [-0.3, -0.25) is 4.98 Å². The number of fused-ring (bicyclic) bond motifs is 3. The molecule has 0 saturated carbocycles. The summed E-state index contributed by atoms with van der Waals surface area (Å²) in [6.07, 6.45) is 3.72. The van der Waals surface area contributed by atoms with Gasteiger partial charge in [-0.25, -0.2) is 9.97 Å². The Morgan fingerprint density at radius 3 is 2.70 bits per heavy atom. The molecule has 1 saturated heterocycles. The Hall–Kier alpha value is -2.27. The van der Waals surface area contributed by atoms with E-state index in [1.165, 1.54) is 0 Å². The largest absolute Gasteiger partial charge is 0.338 e. The van der Waals surface area contributed by atoms with Gasteiger partial charge in [0, 0.05) is 49.3 Å². The summed E-state index contributed by atoms with van der Waals surface area (Å²) < 4.78 is 0. The van der Waals surface area contributed by atoms with Gasteiger partial charge in [-0.1, -0.05) is 18.2 Å². The van der Waals surface area contributed by atoms with Gasteiger partial charge in [0.15, 0.2) is 0 Å². The van der Waals surface area contributed by atoms with E-state index in [0.717, 1.165) is 53.9 Å². The van der Waals surface area contributed by atoms with E-state index in [1.54, 1.807) is 0 Å². The van der Waals surface area contributed by atoms with Crippen molar-refractivity contribution >= 4 is 27.8 Å². The summed E-state index contributed by atoms with van der Waals surface area (Å²) in [5, 5.41) is 5.42. The van der Waals surface area contributed by atoms with Gasteiger partial charge < -0.3 is 10.2 Å². The van der Waals surface area contributed by atoms with Crippen molar-refractivity contribution < 1.29 is 0 Å². The predicted molar refractivity (Wildman–Crippen MR) is 79.9 cm³/mol. The Morgan fingerprint density at radius 1 is 1.00 bits per heavy atom. The van der Waals surface area contributed by atoms with E-state index in [0.29, 0.717) is 0 Å². The predicted octanol–water partition coefficient (Wildman–Crippen LogP) is 1.59. The summed E-state index contributed by atoms with van der Waals surface area (Å²) in [5.41, 5.74) is 1.96. The molecule has 0 aliphatic carbocycles. The molecule has 5 nitrogen and oxygen atoms in total. The number of nitrogens with one attached hydrogen (secondary N) is 1. The first-order chi connectivity index (χ1) is 9.92. The minimum Gasteiger partial charge on any atom is -0.338 e. The lowest BCUT2D eigenvalue weighted by molar-refractivity contribution is 0.580. The lowest BCUT2D eigenvalue weighted by Gasteiger charge is -2.27. The zero-order valence-electron chi connectivity index (χ0n) is 11.1. The van der Waals surface area contributed by atoms with Gasteiger partial charge in [0.2, 0.25) is 5.95 Å². The highest BCUT2D eigenvalue weighted by Gasteiger charge is 2.14. The highest BCUT2D eigenvalue weighted by Crippen LogP contribution is 2.22. The van der Waals surface area contributed by atoms with Crippen LogP contribution < -0.4 is 10.2 Å². The molecule has 20 heavy (non-hydrogen) atoms. The van der Waals surface area contributed by atoms with Crippen molar-refractivity contribution in [2.45, 2.75) is 0 Å². The van der Waals surface area contributed by atoms with Gasteiger partial charge in [-0.15, -0.1) is 0 Å². The quantitative estimate of drug-likeness (QED) is 0.677. The molecular formula is C15H15N5.